The van der Waals surface area contributed by atoms with E-state index in [1.165, 1.54) is 17.0 Å². The fourth-order valence-electron chi connectivity index (χ4n) is 6.01. The van der Waals surface area contributed by atoms with Crippen LogP contribution in [0.2, 0.25) is 10.0 Å². The predicted molar refractivity (Wildman–Crippen MR) is 188 cm³/mol. The summed E-state index contributed by atoms with van der Waals surface area (Å²) in [6.07, 6.45) is 5.18. The lowest BCUT2D eigenvalue weighted by Crippen LogP contribution is -2.55. The largest absolute Gasteiger partial charge is 0.352 e. The molecule has 0 aromatic heterocycles. The second-order valence-electron chi connectivity index (χ2n) is 11.9. The van der Waals surface area contributed by atoms with Crippen molar-refractivity contribution in [1.82, 2.24) is 10.2 Å². The predicted octanol–water partition coefficient (Wildman–Crippen LogP) is 7.59. The molecule has 1 saturated carbocycles. The van der Waals surface area contributed by atoms with Gasteiger partial charge in [-0.3, -0.25) is 13.9 Å². The lowest BCUT2D eigenvalue weighted by Gasteiger charge is -2.35. The summed E-state index contributed by atoms with van der Waals surface area (Å²) in [6, 6.07) is 28.8. The number of nitrogens with one attached hydrogen (secondary N) is 1. The maximum atomic E-state index is 14.7. The van der Waals surface area contributed by atoms with Crippen LogP contribution in [-0.4, -0.2) is 43.8 Å². The molecular formula is C37H39Cl2N3O4S. The minimum atomic E-state index is -4.17. The number of amides is 2. The Morgan fingerprint density at radius 3 is 2.11 bits per heavy atom. The monoisotopic (exact) mass is 691 g/mol. The van der Waals surface area contributed by atoms with E-state index in [1.54, 1.807) is 61.5 Å². The molecular weight excluding hydrogens is 653 g/mol. The molecule has 5 rings (SSSR count). The summed E-state index contributed by atoms with van der Waals surface area (Å²) >= 11 is 12.6. The first-order valence-corrected chi connectivity index (χ1v) is 18.0. The highest BCUT2D eigenvalue weighted by atomic mass is 35.5. The highest BCUT2D eigenvalue weighted by Gasteiger charge is 2.35. The number of para-hydroxylation sites is 1. The number of nitrogens with zero attached hydrogens (tertiary/aromatic N) is 2. The average Bonchev–Trinajstić information content (AvgIpc) is 3.08. The van der Waals surface area contributed by atoms with E-state index in [1.807, 2.05) is 36.4 Å². The first-order chi connectivity index (χ1) is 22.6. The van der Waals surface area contributed by atoms with Crippen molar-refractivity contribution in [3.05, 3.63) is 130 Å². The molecule has 1 atom stereocenters. The van der Waals surface area contributed by atoms with Gasteiger partial charge in [-0.15, -0.1) is 0 Å². The summed E-state index contributed by atoms with van der Waals surface area (Å²) < 4.78 is 29.5. The smallest absolute Gasteiger partial charge is 0.264 e. The number of aryl methyl sites for hydroxylation is 1. The summed E-state index contributed by atoms with van der Waals surface area (Å²) in [4.78, 5) is 30.4. The zero-order valence-electron chi connectivity index (χ0n) is 26.3. The molecule has 0 saturated heterocycles. The normalized spacial score (nSPS) is 14.3. The van der Waals surface area contributed by atoms with Gasteiger partial charge in [0.1, 0.15) is 12.6 Å². The van der Waals surface area contributed by atoms with E-state index < -0.39 is 28.5 Å². The molecule has 10 heteroatoms. The lowest BCUT2D eigenvalue weighted by molar-refractivity contribution is -0.140. The van der Waals surface area contributed by atoms with Crippen molar-refractivity contribution in [3.63, 3.8) is 0 Å². The molecule has 1 fully saturated rings. The Morgan fingerprint density at radius 1 is 0.809 bits per heavy atom. The van der Waals surface area contributed by atoms with Crippen molar-refractivity contribution < 1.29 is 18.0 Å². The van der Waals surface area contributed by atoms with Crippen molar-refractivity contribution in [1.29, 1.82) is 0 Å². The van der Waals surface area contributed by atoms with Crippen molar-refractivity contribution >= 4 is 50.7 Å². The van der Waals surface area contributed by atoms with Crippen LogP contribution in [0.1, 0.15) is 48.8 Å². The Morgan fingerprint density at radius 2 is 1.45 bits per heavy atom. The number of hydrogen-bond acceptors (Lipinski definition) is 4. The average molecular weight is 693 g/mol. The Hall–Kier alpha value is -3.85. The van der Waals surface area contributed by atoms with Gasteiger partial charge in [-0.25, -0.2) is 8.42 Å². The second kappa shape index (κ2) is 15.8. The molecule has 246 valence electrons. The third-order valence-corrected chi connectivity index (χ3v) is 11.1. The van der Waals surface area contributed by atoms with E-state index in [-0.39, 0.29) is 29.8 Å². The molecule has 0 aliphatic heterocycles. The molecule has 7 nitrogen and oxygen atoms in total. The molecule has 4 aromatic carbocycles. The molecule has 0 spiro atoms. The summed E-state index contributed by atoms with van der Waals surface area (Å²) in [6.45, 7) is 1.29. The van der Waals surface area contributed by atoms with Gasteiger partial charge in [0.15, 0.2) is 0 Å². The van der Waals surface area contributed by atoms with Gasteiger partial charge in [0.25, 0.3) is 10.0 Å². The summed E-state index contributed by atoms with van der Waals surface area (Å²) in [5, 5.41) is 3.90. The van der Waals surface area contributed by atoms with Gasteiger partial charge in [0.2, 0.25) is 11.8 Å². The number of halogens is 2. The second-order valence-corrected chi connectivity index (χ2v) is 14.6. The fraction of sp³-hybridized carbons (Fsp3) is 0.297. The number of anilines is 1. The van der Waals surface area contributed by atoms with Gasteiger partial charge in [0, 0.05) is 19.0 Å². The molecule has 1 aliphatic carbocycles. The van der Waals surface area contributed by atoms with Crippen LogP contribution in [0.3, 0.4) is 0 Å². The highest BCUT2D eigenvalue weighted by Crippen LogP contribution is 2.29. The minimum absolute atomic E-state index is 0.0122. The molecule has 1 aliphatic rings. The lowest BCUT2D eigenvalue weighted by atomic mass is 9.94. The van der Waals surface area contributed by atoms with Gasteiger partial charge in [-0.2, -0.15) is 0 Å². The maximum absolute atomic E-state index is 14.7. The molecule has 4 aromatic rings. The zero-order chi connectivity index (χ0) is 33.4. The van der Waals surface area contributed by atoms with Crippen molar-refractivity contribution in [2.45, 2.75) is 69.0 Å². The quantitative estimate of drug-likeness (QED) is 0.166. The van der Waals surface area contributed by atoms with E-state index in [4.69, 9.17) is 23.2 Å². The van der Waals surface area contributed by atoms with Crippen LogP contribution in [0.4, 0.5) is 5.69 Å². The van der Waals surface area contributed by atoms with E-state index in [0.29, 0.717) is 26.9 Å². The highest BCUT2D eigenvalue weighted by molar-refractivity contribution is 7.92. The molecule has 0 heterocycles. The van der Waals surface area contributed by atoms with Gasteiger partial charge >= 0.3 is 0 Å². The van der Waals surface area contributed by atoms with Crippen molar-refractivity contribution in [2.24, 2.45) is 0 Å². The van der Waals surface area contributed by atoms with E-state index in [9.17, 15) is 18.0 Å². The van der Waals surface area contributed by atoms with Crippen LogP contribution in [0.15, 0.2) is 108 Å². The topological polar surface area (TPSA) is 86.8 Å². The van der Waals surface area contributed by atoms with E-state index in [0.717, 1.165) is 42.0 Å². The first-order valence-electron chi connectivity index (χ1n) is 15.8. The van der Waals surface area contributed by atoms with E-state index in [2.05, 4.69) is 5.32 Å². The molecule has 0 bridgehead atoms. The maximum Gasteiger partial charge on any atom is 0.264 e. The van der Waals surface area contributed by atoms with Crippen LogP contribution in [0.25, 0.3) is 0 Å². The van der Waals surface area contributed by atoms with Gasteiger partial charge in [0.05, 0.1) is 20.6 Å². The van der Waals surface area contributed by atoms with E-state index >= 15 is 0 Å². The standard InChI is InChI=1S/C37H39Cl2N3O4S/c1-27-13-11-12-20-34(27)42(47(45,46)31-18-9-4-10-19-31)26-36(43)41(25-29-21-22-32(38)33(39)23-29)35(24-28-14-5-2-6-15-28)37(44)40-30-16-7-3-8-17-30/h2,4-6,9-15,18-23,30,35H,3,7-8,16-17,24-26H2,1H3,(H,40,44)/t35-/m1/s1. The molecule has 2 amide bonds. The molecule has 1 N–H and O–H groups in total. The number of hydrogen-bond donors (Lipinski definition) is 1. The fourth-order valence-corrected chi connectivity index (χ4v) is 7.83. The van der Waals surface area contributed by atoms with Crippen LogP contribution in [-0.2, 0) is 32.6 Å². The first kappa shape index (κ1) is 34.5. The molecule has 0 unspecified atom stereocenters. The number of carbonyl (C=O) groups excluding carboxylic acids is 2. The zero-order valence-corrected chi connectivity index (χ0v) is 28.6. The summed E-state index contributed by atoms with van der Waals surface area (Å²) in [5.41, 5.74) is 2.60. The van der Waals surface area contributed by atoms with Crippen LogP contribution in [0.5, 0.6) is 0 Å². The van der Waals surface area contributed by atoms with Crippen molar-refractivity contribution in [2.75, 3.05) is 10.8 Å². The van der Waals surface area contributed by atoms with Gasteiger partial charge < -0.3 is 10.2 Å². The van der Waals surface area contributed by atoms with Crippen LogP contribution < -0.4 is 9.62 Å². The third kappa shape index (κ3) is 8.74. The Bertz CT molecular complexity index is 1780. The Balaban J connectivity index is 1.58. The van der Waals surface area contributed by atoms with Crippen molar-refractivity contribution in [3.8, 4) is 0 Å². The number of benzene rings is 4. The number of carbonyl (C=O) groups is 2. The Labute approximate surface area is 287 Å². The van der Waals surface area contributed by atoms with Gasteiger partial charge in [-0.05, 0) is 66.8 Å². The number of rotatable bonds is 12. The third-order valence-electron chi connectivity index (χ3n) is 8.55. The van der Waals surface area contributed by atoms with Gasteiger partial charge in [-0.1, -0.05) is 115 Å². The van der Waals surface area contributed by atoms with Crippen LogP contribution in [0, 0.1) is 6.92 Å². The van der Waals surface area contributed by atoms with Crippen LogP contribution >= 0.6 is 23.2 Å². The number of sulfonamides is 1. The molecule has 47 heavy (non-hydrogen) atoms. The molecule has 0 radical (unpaired) electrons. The summed E-state index contributed by atoms with van der Waals surface area (Å²) in [5.74, 6) is -0.805. The SMILES string of the molecule is Cc1ccccc1N(CC(=O)N(Cc1ccc(Cl)c(Cl)c1)[C@H](Cc1ccccc1)C(=O)NC1CCCCC1)S(=O)(=O)c1ccccc1. The Kier molecular flexibility index (Phi) is 11.6. The minimum Gasteiger partial charge on any atom is -0.352 e. The summed E-state index contributed by atoms with van der Waals surface area (Å²) in [7, 11) is -4.17.